The molecule has 0 saturated carbocycles. The Balaban J connectivity index is 2.39. The molecule has 22 heteroatoms. The Morgan fingerprint density at radius 2 is 1.83 bits per heavy atom. The van der Waals surface area contributed by atoms with E-state index in [9.17, 15) is 52.1 Å². The van der Waals surface area contributed by atoms with E-state index in [1.54, 1.807) is 5.92 Å². The first-order valence-corrected chi connectivity index (χ1v) is 13.3. The number of hydrogen-bond acceptors (Lipinski definition) is 11. The van der Waals surface area contributed by atoms with Crippen molar-refractivity contribution < 1.29 is 70.1 Å². The van der Waals surface area contributed by atoms with E-state index < -0.39 is 77.3 Å². The molecule has 17 nitrogen and oxygen atoms in total. The summed E-state index contributed by atoms with van der Waals surface area (Å²) >= 11 is 0. The smallest absolute Gasteiger partial charge is 0.386 e. The summed E-state index contributed by atoms with van der Waals surface area (Å²) in [7, 11) is -17.3. The molecule has 1 aromatic heterocycles. The molecule has 198 valence electrons. The normalized spacial score (nSPS) is 29.0. The topological polar surface area (TPSA) is 264 Å². The molecule has 1 aliphatic rings. The molecule has 1 aromatic rings. The van der Waals surface area contributed by atoms with Gasteiger partial charge in [0.05, 0.1) is 12.3 Å². The van der Waals surface area contributed by atoms with Gasteiger partial charge in [-0.25, -0.2) is 22.9 Å². The zero-order chi connectivity index (χ0) is 27.0. The van der Waals surface area contributed by atoms with Crippen LogP contribution in [0.25, 0.3) is 0 Å². The Morgan fingerprint density at radius 3 is 2.37 bits per heavy atom. The summed E-state index contributed by atoms with van der Waals surface area (Å²) in [5, 5.41) is 21.4. The van der Waals surface area contributed by atoms with E-state index in [1.165, 1.54) is 4.98 Å². The largest absolute Gasteiger partial charge is 0.490 e. The summed E-state index contributed by atoms with van der Waals surface area (Å²) in [6.45, 7) is -0.522. The molecule has 3 unspecified atom stereocenters. The molecule has 0 bridgehead atoms. The molecule has 2 heterocycles. The lowest BCUT2D eigenvalue weighted by molar-refractivity contribution is -0.0873. The van der Waals surface area contributed by atoms with Gasteiger partial charge >= 0.3 is 29.2 Å². The predicted octanol–water partition coefficient (Wildman–Crippen LogP) is -1.63. The third kappa shape index (κ3) is 7.21. The van der Waals surface area contributed by atoms with E-state index in [1.807, 2.05) is 5.92 Å². The molecule has 2 rings (SSSR count). The van der Waals surface area contributed by atoms with Gasteiger partial charge in [-0.05, 0) is 6.92 Å². The third-order valence-electron chi connectivity index (χ3n) is 4.14. The Labute approximate surface area is 192 Å². The molecule has 1 fully saturated rings. The second-order valence-corrected chi connectivity index (χ2v) is 11.1. The minimum absolute atomic E-state index is 0.227. The summed E-state index contributed by atoms with van der Waals surface area (Å²) in [6, 6.07) is 0. The van der Waals surface area contributed by atoms with Crippen LogP contribution >= 0.6 is 23.5 Å². The van der Waals surface area contributed by atoms with Crippen LogP contribution in [0, 0.1) is 17.7 Å². The number of phosphoric acid groups is 3. The molecular formula is C13H17F2N2O15P3. The van der Waals surface area contributed by atoms with E-state index in [2.05, 4.69) is 13.1 Å². The molecule has 0 aromatic carbocycles. The van der Waals surface area contributed by atoms with Gasteiger partial charge in [0.2, 0.25) is 5.82 Å². The Kier molecular flexibility index (Phi) is 8.80. The molecule has 35 heavy (non-hydrogen) atoms. The van der Waals surface area contributed by atoms with Crippen molar-refractivity contribution in [2.24, 2.45) is 0 Å². The van der Waals surface area contributed by atoms with Crippen molar-refractivity contribution in [3.05, 3.63) is 32.9 Å². The Morgan fingerprint density at radius 1 is 1.23 bits per heavy atom. The quantitative estimate of drug-likeness (QED) is 0.136. The fourth-order valence-electron chi connectivity index (χ4n) is 2.88. The first-order valence-electron chi connectivity index (χ1n) is 8.77. The van der Waals surface area contributed by atoms with Gasteiger partial charge in [-0.2, -0.15) is 13.0 Å². The summed E-state index contributed by atoms with van der Waals surface area (Å²) in [5.41, 5.74) is -5.75. The van der Waals surface area contributed by atoms with Crippen LogP contribution in [-0.4, -0.2) is 69.9 Å². The van der Waals surface area contributed by atoms with Crippen LogP contribution in [0.2, 0.25) is 0 Å². The van der Waals surface area contributed by atoms with Crippen LogP contribution in [0.4, 0.5) is 8.78 Å². The number of hydrogen-bond donors (Lipinski definition) is 7. The SMILES string of the molecule is C[C@@H](OP(=O)(O)OP(=O)(O)OP(=O)(O)O)[C@H]1O[C@@H](n2cc(F)c(=O)[nH]c2=O)C(O)(C#CCF)[C@H]1O. The number of halogens is 2. The minimum Gasteiger partial charge on any atom is -0.386 e. The first kappa shape index (κ1) is 29.6. The number of aromatic amines is 1. The van der Waals surface area contributed by atoms with Crippen LogP contribution in [-0.2, 0) is 31.6 Å². The number of nitrogens with zero attached hydrogens (tertiary/aromatic N) is 1. The number of rotatable bonds is 8. The molecule has 1 aliphatic heterocycles. The maximum Gasteiger partial charge on any atom is 0.490 e. The monoisotopic (exact) mass is 572 g/mol. The molecule has 0 aliphatic carbocycles. The van der Waals surface area contributed by atoms with Gasteiger partial charge in [0.1, 0.15) is 18.9 Å². The lowest BCUT2D eigenvalue weighted by Gasteiger charge is -2.27. The number of aliphatic hydroxyl groups excluding tert-OH is 1. The van der Waals surface area contributed by atoms with Gasteiger partial charge in [0, 0.05) is 0 Å². The molecule has 7 N–H and O–H groups in total. The van der Waals surface area contributed by atoms with Crippen molar-refractivity contribution in [3.63, 3.8) is 0 Å². The van der Waals surface area contributed by atoms with Gasteiger partial charge in [0.15, 0.2) is 11.8 Å². The number of H-pyrrole nitrogens is 1. The van der Waals surface area contributed by atoms with Crippen LogP contribution < -0.4 is 11.2 Å². The molecular weight excluding hydrogens is 555 g/mol. The summed E-state index contributed by atoms with van der Waals surface area (Å²) in [4.78, 5) is 60.8. The molecule has 0 amide bonds. The maximum absolute atomic E-state index is 13.7. The van der Waals surface area contributed by atoms with Crippen LogP contribution in [0.5, 0.6) is 0 Å². The highest BCUT2D eigenvalue weighted by Gasteiger charge is 2.58. The van der Waals surface area contributed by atoms with Crippen molar-refractivity contribution in [3.8, 4) is 11.8 Å². The van der Waals surface area contributed by atoms with Crippen LogP contribution in [0.3, 0.4) is 0 Å². The molecule has 0 radical (unpaired) electrons. The standard InChI is InChI=1S/C13H17F2N2O15P3/c1-6(30-34(25,26)32-35(27,28)31-33(22,23)24)8-9(18)13(21,3-2-4-14)11(29-8)17-5-7(15)10(19)16-12(17)20/h5-6,8-9,11,18,21H,4H2,1H3,(H,25,26)(H,27,28)(H,16,19,20)(H2,22,23,24)/t6-,8-,9+,11-,13?/m1/s1. The van der Waals surface area contributed by atoms with Crippen LogP contribution in [0.15, 0.2) is 15.8 Å². The highest BCUT2D eigenvalue weighted by Crippen LogP contribution is 2.66. The van der Waals surface area contributed by atoms with Crippen LogP contribution in [0.1, 0.15) is 13.2 Å². The zero-order valence-corrected chi connectivity index (χ0v) is 19.7. The molecule has 1 saturated heterocycles. The van der Waals surface area contributed by atoms with Gasteiger partial charge in [-0.1, -0.05) is 11.8 Å². The van der Waals surface area contributed by atoms with E-state index in [-0.39, 0.29) is 10.8 Å². The summed E-state index contributed by atoms with van der Waals surface area (Å²) < 4.78 is 77.5. The fourth-order valence-corrected chi connectivity index (χ4v) is 6.08. The second kappa shape index (κ2) is 10.4. The average Bonchev–Trinajstić information content (AvgIpc) is 2.91. The van der Waals surface area contributed by atoms with Gasteiger partial charge < -0.3 is 34.5 Å². The maximum atomic E-state index is 13.7. The lowest BCUT2D eigenvalue weighted by atomic mass is 9.92. The molecule has 0 spiro atoms. The number of nitrogens with one attached hydrogen (secondary N) is 1. The number of aliphatic hydroxyl groups is 2. The first-order chi connectivity index (χ1) is 15.8. The second-order valence-electron chi connectivity index (χ2n) is 6.70. The number of alkyl halides is 1. The Hall–Kier alpha value is -1.61. The summed E-state index contributed by atoms with van der Waals surface area (Å²) in [5.74, 6) is 2.05. The number of phosphoric ester groups is 1. The highest BCUT2D eigenvalue weighted by atomic mass is 31.3. The number of ether oxygens (including phenoxy) is 1. The van der Waals surface area contributed by atoms with Crippen molar-refractivity contribution >= 4 is 23.5 Å². The minimum atomic E-state index is -5.89. The van der Waals surface area contributed by atoms with Crippen molar-refractivity contribution in [2.75, 3.05) is 6.67 Å². The van der Waals surface area contributed by atoms with E-state index in [0.717, 1.165) is 6.92 Å². The van der Waals surface area contributed by atoms with Crippen molar-refractivity contribution in [1.82, 2.24) is 9.55 Å². The van der Waals surface area contributed by atoms with Gasteiger partial charge in [0.25, 0.3) is 5.56 Å². The Bertz CT molecular complexity index is 1280. The van der Waals surface area contributed by atoms with Gasteiger partial charge in [-0.15, -0.1) is 0 Å². The van der Waals surface area contributed by atoms with Crippen molar-refractivity contribution in [1.29, 1.82) is 0 Å². The van der Waals surface area contributed by atoms with Crippen molar-refractivity contribution in [2.45, 2.75) is 37.1 Å². The average molecular weight is 572 g/mol. The van der Waals surface area contributed by atoms with E-state index in [4.69, 9.17) is 14.5 Å². The van der Waals surface area contributed by atoms with E-state index in [0.29, 0.717) is 0 Å². The van der Waals surface area contributed by atoms with E-state index >= 15 is 0 Å². The third-order valence-corrected chi connectivity index (χ3v) is 8.06. The zero-order valence-electron chi connectivity index (χ0n) is 17.0. The lowest BCUT2D eigenvalue weighted by Crippen LogP contribution is -2.49. The van der Waals surface area contributed by atoms with Gasteiger partial charge in [-0.3, -0.25) is 18.9 Å². The summed E-state index contributed by atoms with van der Waals surface area (Å²) in [6.07, 6.45) is -8.13. The number of aromatic nitrogens is 2. The fraction of sp³-hybridized carbons (Fsp3) is 0.538. The highest BCUT2D eigenvalue weighted by molar-refractivity contribution is 7.66. The predicted molar refractivity (Wildman–Crippen MR) is 104 cm³/mol. The molecule has 7 atom stereocenters.